The smallest absolute Gasteiger partial charge is 0.139 e. The molecule has 0 aliphatic heterocycles. The van der Waals surface area contributed by atoms with Crippen LogP contribution in [0.3, 0.4) is 0 Å². The summed E-state index contributed by atoms with van der Waals surface area (Å²) in [5.41, 5.74) is -0.200. The second-order valence-corrected chi connectivity index (χ2v) is 18.9. The van der Waals surface area contributed by atoms with Gasteiger partial charge >= 0.3 is 0 Å². The Hall–Kier alpha value is -0.780. The number of ether oxygens (including phenoxy) is 2. The van der Waals surface area contributed by atoms with Crippen molar-refractivity contribution in [2.45, 2.75) is 166 Å². The third-order valence-electron chi connectivity index (χ3n) is 12.9. The molecule has 5 heteroatoms. The number of Topliss-reactive ketones (excluding diaryl/α,β-unsaturated/α-hetero) is 1. The van der Waals surface area contributed by atoms with Crippen LogP contribution in [0.4, 0.5) is 0 Å². The Bertz CT molecular complexity index is 959. The van der Waals surface area contributed by atoms with E-state index in [-0.39, 0.29) is 32.3 Å². The van der Waals surface area contributed by atoms with Gasteiger partial charge in [-0.05, 0) is 79.6 Å². The van der Waals surface area contributed by atoms with Gasteiger partial charge in [-0.25, -0.2) is 0 Å². The van der Waals surface area contributed by atoms with E-state index >= 15 is 0 Å². The number of allylic oxidation sites excluding steroid dienone is 1. The largest absolute Gasteiger partial charge is 0.498 e. The lowest BCUT2D eigenvalue weighted by atomic mass is 9.45. The third-order valence-corrected chi connectivity index (χ3v) is 13.3. The number of thiol groups is 1. The lowest BCUT2D eigenvalue weighted by Gasteiger charge is -2.59. The minimum atomic E-state index is -0.478. The van der Waals surface area contributed by atoms with Gasteiger partial charge in [0.05, 0.1) is 19.0 Å². The topological polar surface area (TPSA) is 47.6 Å². The first-order valence-corrected chi connectivity index (χ1v) is 19.3. The van der Waals surface area contributed by atoms with Gasteiger partial charge in [-0.1, -0.05) is 128 Å². The third kappa shape index (κ3) is 13.1. The summed E-state index contributed by atoms with van der Waals surface area (Å²) in [6.07, 6.45) is 9.76. The summed E-state index contributed by atoms with van der Waals surface area (Å²) in [7, 11) is 1.72. The summed E-state index contributed by atoms with van der Waals surface area (Å²) in [5.74, 6) is 1.83. The van der Waals surface area contributed by atoms with Crippen molar-refractivity contribution < 1.29 is 14.3 Å². The molecular weight excluding hydrogens is 599 g/mol. The zero-order valence-corrected chi connectivity index (χ0v) is 35.0. The Morgan fingerprint density at radius 1 is 0.787 bits per heavy atom. The fraction of sp³-hybridized carbons (Fsp3) is 0.881. The van der Waals surface area contributed by atoms with E-state index in [1.807, 2.05) is 0 Å². The summed E-state index contributed by atoms with van der Waals surface area (Å²) in [5, 5.41) is 3.60. The van der Waals surface area contributed by atoms with E-state index in [1.54, 1.807) is 7.11 Å². The lowest BCUT2D eigenvalue weighted by molar-refractivity contribution is -0.144. The van der Waals surface area contributed by atoms with Crippen LogP contribution in [0.2, 0.25) is 0 Å². The standard InChI is InChI=1S/C42H81NO3S/c1-18-19-24-33(3)38(9,10)30-41(15,35(5)46-28-22-23-32(2)34(4)47)40(13,14)39(11,12)31-42(16,37(6,7)8)36(44)25-20-21-26-43-27-29-45-17/h33-34,43,47H,2,5,18-31H2,1,3-4,6-17H3. The monoisotopic (exact) mass is 680 g/mol. The molecule has 4 unspecified atom stereocenters. The molecule has 0 saturated carbocycles. The molecule has 0 fully saturated rings. The molecular formula is C42H81NO3S. The highest BCUT2D eigenvalue weighted by Gasteiger charge is 2.58. The summed E-state index contributed by atoms with van der Waals surface area (Å²) in [6.45, 7) is 44.6. The van der Waals surface area contributed by atoms with Gasteiger partial charge in [0.2, 0.25) is 0 Å². The van der Waals surface area contributed by atoms with Crippen molar-refractivity contribution >= 4 is 18.4 Å². The summed E-state index contributed by atoms with van der Waals surface area (Å²) in [6, 6.07) is 0. The maximum atomic E-state index is 14.2. The first-order chi connectivity index (χ1) is 21.4. The van der Waals surface area contributed by atoms with Crippen LogP contribution in [0.1, 0.15) is 161 Å². The number of rotatable bonds is 26. The van der Waals surface area contributed by atoms with Crippen LogP contribution in [0.5, 0.6) is 0 Å². The molecule has 1 N–H and O–H groups in total. The molecule has 0 rings (SSSR count). The van der Waals surface area contributed by atoms with Crippen LogP contribution in [-0.4, -0.2) is 44.4 Å². The molecule has 4 atom stereocenters. The van der Waals surface area contributed by atoms with Crippen LogP contribution in [0.25, 0.3) is 0 Å². The highest BCUT2D eigenvalue weighted by molar-refractivity contribution is 7.81. The average molecular weight is 680 g/mol. The SMILES string of the molecule is C=C(CCCOC(=C)C(C)(CC(C)(C)C(C)CCCC)C(C)(C)C(C)(C)CC(C)(C(=O)CCCCNCCOC)C(C)(C)C)C(C)S. The Balaban J connectivity index is 6.45. The molecule has 47 heavy (non-hydrogen) atoms. The zero-order chi connectivity index (χ0) is 36.9. The number of hydrogen-bond acceptors (Lipinski definition) is 5. The molecule has 0 aliphatic rings. The maximum Gasteiger partial charge on any atom is 0.139 e. The lowest BCUT2D eigenvalue weighted by Crippen LogP contribution is -2.53. The maximum absolute atomic E-state index is 14.2. The van der Waals surface area contributed by atoms with Crippen LogP contribution in [0, 0.1) is 38.4 Å². The quantitative estimate of drug-likeness (QED) is 0.0413. The number of nitrogens with one attached hydrogen (secondary N) is 1. The molecule has 0 radical (unpaired) electrons. The molecule has 4 nitrogen and oxygen atoms in total. The van der Waals surface area contributed by atoms with E-state index in [1.165, 1.54) is 19.3 Å². The van der Waals surface area contributed by atoms with Crippen molar-refractivity contribution in [3.8, 4) is 0 Å². The van der Waals surface area contributed by atoms with Gasteiger partial charge in [-0.2, -0.15) is 12.6 Å². The Labute approximate surface area is 299 Å². The minimum absolute atomic E-state index is 0.0831. The van der Waals surface area contributed by atoms with E-state index in [4.69, 9.17) is 9.47 Å². The molecule has 0 heterocycles. The van der Waals surface area contributed by atoms with E-state index in [9.17, 15) is 4.79 Å². The summed E-state index contributed by atoms with van der Waals surface area (Å²) < 4.78 is 11.8. The summed E-state index contributed by atoms with van der Waals surface area (Å²) in [4.78, 5) is 14.2. The molecule has 0 amide bonds. The predicted molar refractivity (Wildman–Crippen MR) is 210 cm³/mol. The Morgan fingerprint density at radius 2 is 1.38 bits per heavy atom. The first kappa shape index (κ1) is 46.2. The number of methoxy groups -OCH3 is 1. The normalized spacial score (nSPS) is 17.0. The van der Waals surface area contributed by atoms with Gasteiger partial charge in [0.15, 0.2) is 0 Å². The van der Waals surface area contributed by atoms with Crippen LogP contribution in [0.15, 0.2) is 24.5 Å². The highest BCUT2D eigenvalue weighted by Crippen LogP contribution is 2.64. The number of carbonyl (C=O) groups excluding carboxylic acids is 1. The number of carbonyl (C=O) groups is 1. The molecule has 0 spiro atoms. The highest BCUT2D eigenvalue weighted by atomic mass is 32.1. The zero-order valence-electron chi connectivity index (χ0n) is 34.1. The van der Waals surface area contributed by atoms with Crippen molar-refractivity contribution in [2.75, 3.05) is 33.4 Å². The molecule has 0 saturated heterocycles. The molecule has 278 valence electrons. The van der Waals surface area contributed by atoms with Crippen molar-refractivity contribution in [2.24, 2.45) is 38.4 Å². The van der Waals surface area contributed by atoms with Gasteiger partial charge < -0.3 is 14.8 Å². The van der Waals surface area contributed by atoms with Crippen LogP contribution in [-0.2, 0) is 14.3 Å². The average Bonchev–Trinajstić information content (AvgIpc) is 2.95. The van der Waals surface area contributed by atoms with Crippen molar-refractivity contribution in [1.82, 2.24) is 5.32 Å². The fourth-order valence-electron chi connectivity index (χ4n) is 7.26. The molecule has 0 aliphatic carbocycles. The number of unbranched alkanes of at least 4 members (excludes halogenated alkanes) is 2. The van der Waals surface area contributed by atoms with Crippen molar-refractivity contribution in [3.63, 3.8) is 0 Å². The fourth-order valence-corrected chi connectivity index (χ4v) is 7.39. The van der Waals surface area contributed by atoms with Gasteiger partial charge in [-0.3, -0.25) is 4.79 Å². The molecule has 0 aromatic carbocycles. The van der Waals surface area contributed by atoms with Crippen LogP contribution >= 0.6 is 12.6 Å². The van der Waals surface area contributed by atoms with Gasteiger partial charge in [-0.15, -0.1) is 0 Å². The second kappa shape index (κ2) is 19.6. The molecule has 0 aromatic rings. The van der Waals surface area contributed by atoms with E-state index in [0.29, 0.717) is 31.3 Å². The van der Waals surface area contributed by atoms with Gasteiger partial charge in [0.25, 0.3) is 0 Å². The van der Waals surface area contributed by atoms with E-state index in [2.05, 4.69) is 128 Å². The minimum Gasteiger partial charge on any atom is -0.498 e. The van der Waals surface area contributed by atoms with Crippen molar-refractivity contribution in [1.29, 1.82) is 0 Å². The number of hydrogen-bond donors (Lipinski definition) is 2. The van der Waals surface area contributed by atoms with Gasteiger partial charge in [0, 0.05) is 36.2 Å². The first-order valence-electron chi connectivity index (χ1n) is 18.8. The van der Waals surface area contributed by atoms with Crippen molar-refractivity contribution in [3.05, 3.63) is 24.5 Å². The Kier molecular flexibility index (Phi) is 19.2. The summed E-state index contributed by atoms with van der Waals surface area (Å²) >= 11 is 4.56. The van der Waals surface area contributed by atoms with Gasteiger partial charge in [0.1, 0.15) is 5.78 Å². The Morgan fingerprint density at radius 3 is 1.89 bits per heavy atom. The number of ketones is 1. The van der Waals surface area contributed by atoms with Crippen LogP contribution < -0.4 is 5.32 Å². The molecule has 0 aromatic heterocycles. The second-order valence-electron chi connectivity index (χ2n) is 18.1. The van der Waals surface area contributed by atoms with E-state index < -0.39 is 5.41 Å². The van der Waals surface area contributed by atoms with E-state index in [0.717, 1.165) is 62.9 Å². The molecule has 0 bridgehead atoms. The predicted octanol–water partition coefficient (Wildman–Crippen LogP) is 11.9.